The Morgan fingerprint density at radius 3 is 2.25 bits per heavy atom. The molecule has 3 unspecified atom stereocenters. The molecule has 5 atom stereocenters. The van der Waals surface area contributed by atoms with Crippen LogP contribution >= 0.6 is 0 Å². The van der Waals surface area contributed by atoms with Gasteiger partial charge in [0.05, 0.1) is 33.9 Å². The van der Waals surface area contributed by atoms with Gasteiger partial charge in [0, 0.05) is 13.0 Å². The number of aliphatic hydroxyl groups is 2. The van der Waals surface area contributed by atoms with E-state index >= 15 is 0 Å². The van der Waals surface area contributed by atoms with Gasteiger partial charge >= 0.3 is 0 Å². The smallest absolute Gasteiger partial charge is 0.213 e. The number of likely N-dealkylation sites (N-methyl/N-ethyl adjacent to an activating group) is 1. The first-order chi connectivity index (χ1) is 7.32. The Balaban J connectivity index is 2.91. The second-order valence-electron chi connectivity index (χ2n) is 5.42. The maximum Gasteiger partial charge on any atom is 0.213 e. The van der Waals surface area contributed by atoms with Gasteiger partial charge in [0.15, 0.2) is 6.04 Å². The number of hydrogen-bond acceptors (Lipinski definition) is 4. The summed E-state index contributed by atoms with van der Waals surface area (Å²) < 4.78 is 11.5. The van der Waals surface area contributed by atoms with Crippen molar-refractivity contribution in [3.05, 3.63) is 0 Å². The van der Waals surface area contributed by atoms with Crippen molar-refractivity contribution in [2.75, 3.05) is 34.9 Å². The topological polar surface area (TPSA) is 58.9 Å². The summed E-state index contributed by atoms with van der Waals surface area (Å²) in [4.78, 5) is 0. The fraction of sp³-hybridized carbons (Fsp3) is 1.00. The minimum absolute atomic E-state index is 0.0953. The van der Waals surface area contributed by atoms with Crippen molar-refractivity contribution < 1.29 is 24.2 Å². The minimum Gasteiger partial charge on any atom is -0.394 e. The molecule has 2 N–H and O–H groups in total. The van der Waals surface area contributed by atoms with E-state index in [-0.39, 0.29) is 24.7 Å². The number of hydrogen-bond donors (Lipinski definition) is 2. The van der Waals surface area contributed by atoms with Gasteiger partial charge in [0.2, 0.25) is 6.29 Å². The number of quaternary nitrogens is 1. The molecule has 1 aliphatic heterocycles. The Bertz CT molecular complexity index is 227. The van der Waals surface area contributed by atoms with Crippen LogP contribution in [0.2, 0.25) is 0 Å². The largest absolute Gasteiger partial charge is 0.394 e. The molecule has 1 aliphatic rings. The van der Waals surface area contributed by atoms with E-state index in [4.69, 9.17) is 9.47 Å². The van der Waals surface area contributed by atoms with Crippen LogP contribution in [0, 0.1) is 5.92 Å². The van der Waals surface area contributed by atoms with Crippen molar-refractivity contribution in [3.8, 4) is 0 Å². The maximum atomic E-state index is 10.3. The Labute approximate surface area is 97.2 Å². The van der Waals surface area contributed by atoms with Crippen LogP contribution in [0.25, 0.3) is 0 Å². The molecule has 5 heteroatoms. The summed E-state index contributed by atoms with van der Waals surface area (Å²) in [5.41, 5.74) is 0. The highest BCUT2D eigenvalue weighted by molar-refractivity contribution is 4.87. The van der Waals surface area contributed by atoms with E-state index in [9.17, 15) is 10.2 Å². The normalized spacial score (nSPS) is 41.1. The van der Waals surface area contributed by atoms with Crippen molar-refractivity contribution >= 4 is 0 Å². The summed E-state index contributed by atoms with van der Waals surface area (Å²) in [5, 5.41) is 19.5. The van der Waals surface area contributed by atoms with Crippen LogP contribution in [0.1, 0.15) is 6.92 Å². The van der Waals surface area contributed by atoms with Crippen molar-refractivity contribution in [2.45, 2.75) is 31.5 Å². The van der Waals surface area contributed by atoms with Crippen LogP contribution < -0.4 is 0 Å². The predicted octanol–water partition coefficient (Wildman–Crippen LogP) is -0.578. The van der Waals surface area contributed by atoms with Gasteiger partial charge in [-0.25, -0.2) is 0 Å². The Kier molecular flexibility index (Phi) is 4.31. The highest BCUT2D eigenvalue weighted by atomic mass is 16.7. The number of methoxy groups -OCH3 is 1. The van der Waals surface area contributed by atoms with Crippen molar-refractivity contribution in [1.82, 2.24) is 0 Å². The van der Waals surface area contributed by atoms with E-state index in [0.29, 0.717) is 4.48 Å². The fourth-order valence-corrected chi connectivity index (χ4v) is 2.30. The van der Waals surface area contributed by atoms with Gasteiger partial charge in [-0.2, -0.15) is 0 Å². The van der Waals surface area contributed by atoms with E-state index in [0.717, 1.165) is 0 Å². The molecule has 16 heavy (non-hydrogen) atoms. The quantitative estimate of drug-likeness (QED) is 0.642. The highest BCUT2D eigenvalue weighted by Gasteiger charge is 2.49. The van der Waals surface area contributed by atoms with Gasteiger partial charge in [0.25, 0.3) is 0 Å². The summed E-state index contributed by atoms with van der Waals surface area (Å²) in [5.74, 6) is -0.0984. The molecule has 0 aromatic heterocycles. The highest BCUT2D eigenvalue weighted by Crippen LogP contribution is 2.30. The van der Waals surface area contributed by atoms with Gasteiger partial charge in [-0.05, 0) is 0 Å². The van der Waals surface area contributed by atoms with E-state index in [1.807, 2.05) is 28.1 Å². The zero-order valence-electron chi connectivity index (χ0n) is 10.8. The Morgan fingerprint density at radius 1 is 1.31 bits per heavy atom. The van der Waals surface area contributed by atoms with Gasteiger partial charge in [-0.1, -0.05) is 6.92 Å². The monoisotopic (exact) mass is 234 g/mol. The van der Waals surface area contributed by atoms with Crippen molar-refractivity contribution in [1.29, 1.82) is 0 Å². The second-order valence-corrected chi connectivity index (χ2v) is 5.42. The summed E-state index contributed by atoms with van der Waals surface area (Å²) >= 11 is 0. The van der Waals surface area contributed by atoms with Crippen LogP contribution in [0.5, 0.6) is 0 Å². The first-order valence-corrected chi connectivity index (χ1v) is 5.61. The average molecular weight is 234 g/mol. The van der Waals surface area contributed by atoms with Gasteiger partial charge < -0.3 is 24.2 Å². The van der Waals surface area contributed by atoms with Crippen molar-refractivity contribution in [2.24, 2.45) is 5.92 Å². The molecule has 1 saturated heterocycles. The predicted molar refractivity (Wildman–Crippen MR) is 59.7 cm³/mol. The van der Waals surface area contributed by atoms with E-state index in [2.05, 4.69) is 0 Å². The van der Waals surface area contributed by atoms with Gasteiger partial charge in [0.1, 0.15) is 6.10 Å². The number of aliphatic hydroxyl groups excluding tert-OH is 2. The summed E-state index contributed by atoms with van der Waals surface area (Å²) in [7, 11) is 7.55. The maximum absolute atomic E-state index is 10.3. The second kappa shape index (κ2) is 4.98. The van der Waals surface area contributed by atoms with Crippen molar-refractivity contribution in [3.63, 3.8) is 0 Å². The van der Waals surface area contributed by atoms with E-state index in [1.165, 1.54) is 0 Å². The third-order valence-electron chi connectivity index (χ3n) is 3.37. The van der Waals surface area contributed by atoms with E-state index in [1.54, 1.807) is 7.11 Å². The zero-order valence-corrected chi connectivity index (χ0v) is 10.8. The minimum atomic E-state index is -0.546. The van der Waals surface area contributed by atoms with Crippen LogP contribution in [-0.4, -0.2) is 74.1 Å². The van der Waals surface area contributed by atoms with Gasteiger partial charge in [-0.15, -0.1) is 0 Å². The molecular formula is C11H24NO4+. The average Bonchev–Trinajstić information content (AvgIpc) is 2.19. The SMILES string of the molecule is CO[C@@H]1OC(CO)C(C)[C@H](O)C1[N+](C)(C)C. The van der Waals surface area contributed by atoms with Crippen LogP contribution in [0.4, 0.5) is 0 Å². The molecule has 0 aliphatic carbocycles. The molecule has 96 valence electrons. The van der Waals surface area contributed by atoms with Gasteiger partial charge in [-0.3, -0.25) is 0 Å². The van der Waals surface area contributed by atoms with E-state index < -0.39 is 12.4 Å². The Hall–Kier alpha value is -0.200. The lowest BCUT2D eigenvalue weighted by Gasteiger charge is -2.47. The zero-order chi connectivity index (χ0) is 12.5. The number of nitrogens with zero attached hydrogens (tertiary/aromatic N) is 1. The molecule has 1 heterocycles. The molecule has 0 spiro atoms. The molecule has 0 amide bonds. The van der Waals surface area contributed by atoms with Crippen LogP contribution in [0.15, 0.2) is 0 Å². The molecule has 0 aromatic carbocycles. The lowest BCUT2D eigenvalue weighted by molar-refractivity contribution is -0.909. The lowest BCUT2D eigenvalue weighted by Crippen LogP contribution is -2.65. The Morgan fingerprint density at radius 2 is 1.88 bits per heavy atom. The first kappa shape index (κ1) is 13.9. The number of rotatable bonds is 3. The standard InChI is InChI=1S/C11H24NO4/c1-7-8(6-13)16-11(15-5)9(10(7)14)12(2,3)4/h7-11,13-14H,6H2,1-5H3/q+1/t7?,8?,9?,10-,11+/m0/s1. The molecule has 0 radical (unpaired) electrons. The molecule has 5 nitrogen and oxygen atoms in total. The summed E-state index contributed by atoms with van der Waals surface area (Å²) in [6.07, 6.45) is -1.39. The molecule has 0 bridgehead atoms. The molecule has 0 saturated carbocycles. The molecule has 0 aromatic rings. The van der Waals surface area contributed by atoms with Crippen LogP contribution in [-0.2, 0) is 9.47 Å². The first-order valence-electron chi connectivity index (χ1n) is 5.61. The molecule has 1 fully saturated rings. The molecular weight excluding hydrogens is 210 g/mol. The number of ether oxygens (including phenoxy) is 2. The summed E-state index contributed by atoms with van der Waals surface area (Å²) in [6, 6.07) is -0.150. The summed E-state index contributed by atoms with van der Waals surface area (Å²) in [6.45, 7) is 1.79. The fourth-order valence-electron chi connectivity index (χ4n) is 2.30. The van der Waals surface area contributed by atoms with Crippen LogP contribution in [0.3, 0.4) is 0 Å². The third-order valence-corrected chi connectivity index (χ3v) is 3.37. The third kappa shape index (κ3) is 2.55. The molecule has 1 rings (SSSR count). The lowest BCUT2D eigenvalue weighted by atomic mass is 9.88.